The lowest BCUT2D eigenvalue weighted by atomic mass is 9.88. The van der Waals surface area contributed by atoms with E-state index in [1.807, 2.05) is 0 Å². The quantitative estimate of drug-likeness (QED) is 0.587. The Kier molecular flexibility index (Phi) is 7.67. The number of hydrogen-bond donors (Lipinski definition) is 1. The van der Waals surface area contributed by atoms with Crippen LogP contribution in [0.4, 0.5) is 5.69 Å². The summed E-state index contributed by atoms with van der Waals surface area (Å²) in [4.78, 5) is 17.5. The summed E-state index contributed by atoms with van der Waals surface area (Å²) in [6.07, 6.45) is 3.41. The minimum atomic E-state index is 0.102. The van der Waals surface area contributed by atoms with Gasteiger partial charge in [0, 0.05) is 75.5 Å². The summed E-state index contributed by atoms with van der Waals surface area (Å²) >= 11 is 0. The number of piperazine rings is 1. The lowest BCUT2D eigenvalue weighted by Crippen LogP contribution is -2.55. The molecule has 0 spiro atoms. The van der Waals surface area contributed by atoms with E-state index >= 15 is 0 Å². The summed E-state index contributed by atoms with van der Waals surface area (Å²) < 4.78 is 17.3. The van der Waals surface area contributed by atoms with Gasteiger partial charge in [0.05, 0.1) is 6.04 Å². The van der Waals surface area contributed by atoms with Gasteiger partial charge in [-0.15, -0.1) is 0 Å². The molecule has 38 heavy (non-hydrogen) atoms. The molecule has 3 atom stereocenters. The molecular formula is C29H40N6O3. The number of likely N-dealkylation sites (N-methyl/N-ethyl adjacent to an activating group) is 1. The van der Waals surface area contributed by atoms with Crippen molar-refractivity contribution in [1.29, 1.82) is 0 Å². The number of anilines is 1. The standard InChI is InChI=1S/C29H40N6O3/c1-33-12-5-7-22(33)19-37-29-31-26-18-35(13-9-25(26)28(32-29)34-14-10-30-11-15-34)27-17-23(38-20-36-2)16-21-6-3-4-8-24(21)27/h3-4,6,8,16-17,22,25-26,30H,5,7,9-15,18-20H2,1-2H3/t22-,25?,26?/m0/s1. The van der Waals surface area contributed by atoms with Crippen molar-refractivity contribution in [3.63, 3.8) is 0 Å². The van der Waals surface area contributed by atoms with E-state index in [0.717, 1.165) is 63.4 Å². The number of piperidine rings is 1. The van der Waals surface area contributed by atoms with Crippen molar-refractivity contribution in [2.45, 2.75) is 31.3 Å². The van der Waals surface area contributed by atoms with Crippen LogP contribution in [0, 0.1) is 5.92 Å². The highest BCUT2D eigenvalue weighted by atomic mass is 16.7. The number of methoxy groups -OCH3 is 1. The zero-order valence-corrected chi connectivity index (χ0v) is 22.6. The van der Waals surface area contributed by atoms with Gasteiger partial charge in [-0.25, -0.2) is 4.99 Å². The third-order valence-electron chi connectivity index (χ3n) is 8.41. The Bertz CT molecular complexity index is 1180. The van der Waals surface area contributed by atoms with Crippen LogP contribution in [0.15, 0.2) is 46.4 Å². The van der Waals surface area contributed by atoms with E-state index in [0.29, 0.717) is 24.6 Å². The molecule has 0 radical (unpaired) electrons. The molecule has 6 rings (SSSR count). The Morgan fingerprint density at radius 1 is 1.00 bits per heavy atom. The Balaban J connectivity index is 1.27. The number of rotatable bonds is 6. The lowest BCUT2D eigenvalue weighted by Gasteiger charge is -2.43. The monoisotopic (exact) mass is 520 g/mol. The number of benzene rings is 2. The van der Waals surface area contributed by atoms with Crippen LogP contribution in [-0.2, 0) is 9.47 Å². The van der Waals surface area contributed by atoms with Crippen molar-refractivity contribution < 1.29 is 14.2 Å². The molecule has 2 aromatic rings. The number of aliphatic imine (C=N–C) groups is 2. The topological polar surface area (TPSA) is 74.2 Å². The van der Waals surface area contributed by atoms with Gasteiger partial charge in [-0.3, -0.25) is 0 Å². The van der Waals surface area contributed by atoms with E-state index in [9.17, 15) is 0 Å². The van der Waals surface area contributed by atoms with E-state index in [1.165, 1.54) is 29.8 Å². The number of nitrogens with zero attached hydrogens (tertiary/aromatic N) is 5. The summed E-state index contributed by atoms with van der Waals surface area (Å²) in [5.74, 6) is 2.30. The molecule has 2 unspecified atom stereocenters. The van der Waals surface area contributed by atoms with Gasteiger partial charge in [0.15, 0.2) is 6.79 Å². The first-order valence-corrected chi connectivity index (χ1v) is 14.0. The molecule has 0 bridgehead atoms. The van der Waals surface area contributed by atoms with E-state index in [1.54, 1.807) is 7.11 Å². The highest BCUT2D eigenvalue weighted by molar-refractivity contribution is 5.99. The number of amidine groups is 2. The molecule has 0 saturated carbocycles. The fourth-order valence-electron chi connectivity index (χ4n) is 6.30. The molecule has 9 nitrogen and oxygen atoms in total. The highest BCUT2D eigenvalue weighted by Gasteiger charge is 2.39. The normalized spacial score (nSPS) is 26.2. The maximum Gasteiger partial charge on any atom is 0.313 e. The van der Waals surface area contributed by atoms with E-state index in [2.05, 4.69) is 63.5 Å². The molecule has 204 valence electrons. The summed E-state index contributed by atoms with van der Waals surface area (Å²) in [7, 11) is 3.83. The van der Waals surface area contributed by atoms with Crippen LogP contribution in [0.2, 0.25) is 0 Å². The first-order valence-electron chi connectivity index (χ1n) is 14.0. The summed E-state index contributed by atoms with van der Waals surface area (Å²) in [6.45, 7) is 7.73. The van der Waals surface area contributed by atoms with Crippen LogP contribution in [0.1, 0.15) is 19.3 Å². The summed E-state index contributed by atoms with van der Waals surface area (Å²) in [5.41, 5.74) is 1.18. The predicted octanol–water partition coefficient (Wildman–Crippen LogP) is 2.80. The minimum Gasteiger partial charge on any atom is -0.467 e. The molecule has 0 aromatic heterocycles. The van der Waals surface area contributed by atoms with Gasteiger partial charge in [-0.05, 0) is 44.3 Å². The van der Waals surface area contributed by atoms with E-state index in [-0.39, 0.29) is 12.8 Å². The molecule has 1 N–H and O–H groups in total. The molecule has 3 fully saturated rings. The van der Waals surface area contributed by atoms with Gasteiger partial charge in [-0.1, -0.05) is 24.3 Å². The van der Waals surface area contributed by atoms with Gasteiger partial charge in [0.25, 0.3) is 0 Å². The zero-order chi connectivity index (χ0) is 25.9. The smallest absolute Gasteiger partial charge is 0.313 e. The SMILES string of the molecule is COCOc1cc(N2CCC3C(N4CCNCC4)=NC(OC[C@@H]4CCCN4C)=NC3C2)c2ccccc2c1. The van der Waals surface area contributed by atoms with E-state index < -0.39 is 0 Å². The van der Waals surface area contributed by atoms with Gasteiger partial charge in [-0.2, -0.15) is 4.99 Å². The molecule has 4 aliphatic rings. The summed E-state index contributed by atoms with van der Waals surface area (Å²) in [6, 6.07) is 13.9. The van der Waals surface area contributed by atoms with Crippen molar-refractivity contribution in [3.8, 4) is 5.75 Å². The molecule has 0 aliphatic carbocycles. The maximum absolute atomic E-state index is 6.31. The molecule has 3 saturated heterocycles. The van der Waals surface area contributed by atoms with Crippen molar-refractivity contribution in [1.82, 2.24) is 15.1 Å². The van der Waals surface area contributed by atoms with Crippen molar-refractivity contribution >= 4 is 28.3 Å². The minimum absolute atomic E-state index is 0.102. The average molecular weight is 521 g/mol. The summed E-state index contributed by atoms with van der Waals surface area (Å²) in [5, 5.41) is 5.87. The second-order valence-electron chi connectivity index (χ2n) is 10.8. The van der Waals surface area contributed by atoms with Gasteiger partial charge < -0.3 is 34.2 Å². The fraction of sp³-hybridized carbons (Fsp3) is 0.586. The fourth-order valence-corrected chi connectivity index (χ4v) is 6.30. The van der Waals surface area contributed by atoms with Crippen LogP contribution in [0.5, 0.6) is 5.75 Å². The number of hydrogen-bond acceptors (Lipinski definition) is 9. The third kappa shape index (κ3) is 5.32. The molecule has 0 amide bonds. The Morgan fingerprint density at radius 2 is 1.87 bits per heavy atom. The predicted molar refractivity (Wildman–Crippen MR) is 151 cm³/mol. The number of nitrogens with one attached hydrogen (secondary N) is 1. The molecule has 9 heteroatoms. The van der Waals surface area contributed by atoms with Crippen LogP contribution in [-0.4, -0.2) is 107 Å². The highest BCUT2D eigenvalue weighted by Crippen LogP contribution is 2.36. The molecule has 2 aromatic carbocycles. The second kappa shape index (κ2) is 11.5. The number of fused-ring (bicyclic) bond motifs is 2. The largest absolute Gasteiger partial charge is 0.467 e. The van der Waals surface area contributed by atoms with Crippen molar-refractivity contribution in [3.05, 3.63) is 36.4 Å². The number of ether oxygens (including phenoxy) is 3. The molecular weight excluding hydrogens is 480 g/mol. The second-order valence-corrected chi connectivity index (χ2v) is 10.8. The Labute approximate surface area is 225 Å². The van der Waals surface area contributed by atoms with E-state index in [4.69, 9.17) is 24.2 Å². The van der Waals surface area contributed by atoms with Crippen LogP contribution >= 0.6 is 0 Å². The van der Waals surface area contributed by atoms with Crippen molar-refractivity contribution in [2.75, 3.05) is 78.3 Å². The lowest BCUT2D eigenvalue weighted by molar-refractivity contribution is 0.0512. The van der Waals surface area contributed by atoms with Gasteiger partial charge >= 0.3 is 6.02 Å². The van der Waals surface area contributed by atoms with Gasteiger partial charge in [0.1, 0.15) is 18.2 Å². The zero-order valence-electron chi connectivity index (χ0n) is 22.6. The average Bonchev–Trinajstić information content (AvgIpc) is 3.38. The van der Waals surface area contributed by atoms with Crippen molar-refractivity contribution in [2.24, 2.45) is 15.9 Å². The Hall–Kier alpha value is -2.88. The number of likely N-dealkylation sites (tertiary alicyclic amines) is 1. The first-order chi connectivity index (χ1) is 18.7. The maximum atomic E-state index is 6.31. The first kappa shape index (κ1) is 25.4. The third-order valence-corrected chi connectivity index (χ3v) is 8.41. The molecule has 4 aliphatic heterocycles. The van der Waals surface area contributed by atoms with Crippen LogP contribution in [0.3, 0.4) is 0 Å². The van der Waals surface area contributed by atoms with Crippen LogP contribution < -0.4 is 15.0 Å². The Morgan fingerprint density at radius 3 is 2.68 bits per heavy atom. The van der Waals surface area contributed by atoms with Gasteiger partial charge in [0.2, 0.25) is 0 Å². The van der Waals surface area contributed by atoms with Crippen LogP contribution in [0.25, 0.3) is 10.8 Å². The molecule has 4 heterocycles.